The van der Waals surface area contributed by atoms with Crippen LogP contribution in [0, 0.1) is 0 Å². The fraction of sp³-hybridized carbons (Fsp3) is 0.667. The monoisotopic (exact) mass is 260 g/mol. The van der Waals surface area contributed by atoms with Crippen molar-refractivity contribution >= 4 is 34.1 Å². The van der Waals surface area contributed by atoms with E-state index in [1.165, 1.54) is 11.3 Å². The zero-order valence-electron chi connectivity index (χ0n) is 9.02. The maximum absolute atomic E-state index is 11.7. The van der Waals surface area contributed by atoms with Gasteiger partial charge in [0.1, 0.15) is 5.01 Å². The molecule has 2 amide bonds. The normalized spacial score (nSPS) is 16.2. The minimum absolute atomic E-state index is 0.0000402. The van der Waals surface area contributed by atoms with E-state index in [4.69, 9.17) is 11.6 Å². The van der Waals surface area contributed by atoms with Gasteiger partial charge >= 0.3 is 6.03 Å². The number of aryl methyl sites for hydroxylation is 1. The van der Waals surface area contributed by atoms with Crippen molar-refractivity contribution in [2.45, 2.75) is 12.8 Å². The largest absolute Gasteiger partial charge is 0.326 e. The van der Waals surface area contributed by atoms with Gasteiger partial charge in [-0.05, 0) is 6.42 Å². The quantitative estimate of drug-likeness (QED) is 0.773. The van der Waals surface area contributed by atoms with Crippen LogP contribution in [0.1, 0.15) is 11.4 Å². The molecule has 0 saturated carbocycles. The molecular formula is C9H13ClN4OS. The van der Waals surface area contributed by atoms with Gasteiger partial charge in [-0.25, -0.2) is 4.79 Å². The first-order valence-corrected chi connectivity index (χ1v) is 6.48. The van der Waals surface area contributed by atoms with E-state index in [2.05, 4.69) is 10.2 Å². The van der Waals surface area contributed by atoms with E-state index in [0.717, 1.165) is 24.4 Å². The summed E-state index contributed by atoms with van der Waals surface area (Å²) >= 11 is 7.09. The van der Waals surface area contributed by atoms with Crippen LogP contribution in [0.25, 0.3) is 0 Å². The van der Waals surface area contributed by atoms with Crippen molar-refractivity contribution in [3.05, 3.63) is 5.01 Å². The van der Waals surface area contributed by atoms with Crippen LogP contribution >= 0.6 is 22.9 Å². The molecule has 1 fully saturated rings. The molecule has 1 aliphatic heterocycles. The Hall–Kier alpha value is -0.880. The molecule has 1 aromatic rings. The zero-order chi connectivity index (χ0) is 11.5. The number of carbonyl (C=O) groups excluding carboxylic acids is 1. The van der Waals surface area contributed by atoms with E-state index in [-0.39, 0.29) is 6.03 Å². The van der Waals surface area contributed by atoms with Crippen molar-refractivity contribution in [1.82, 2.24) is 15.1 Å². The standard InChI is InChI=1S/C9H13ClN4OS/c1-13-5-6-14(9(13)15)8-12-11-7(16-8)3-2-4-10/h2-6H2,1H3. The van der Waals surface area contributed by atoms with Gasteiger partial charge in [-0.1, -0.05) is 11.3 Å². The maximum Gasteiger partial charge on any atom is 0.326 e. The van der Waals surface area contributed by atoms with Crippen LogP contribution in [-0.2, 0) is 6.42 Å². The molecule has 1 aromatic heterocycles. The Morgan fingerprint density at radius 2 is 2.25 bits per heavy atom. The minimum Gasteiger partial charge on any atom is -0.326 e. The second-order valence-electron chi connectivity index (χ2n) is 3.63. The zero-order valence-corrected chi connectivity index (χ0v) is 10.6. The third-order valence-electron chi connectivity index (χ3n) is 2.43. The number of anilines is 1. The second kappa shape index (κ2) is 4.97. The Balaban J connectivity index is 2.04. The number of likely N-dealkylation sites (N-methyl/N-ethyl adjacent to an activating group) is 1. The number of hydrogen-bond donors (Lipinski definition) is 0. The molecule has 16 heavy (non-hydrogen) atoms. The van der Waals surface area contributed by atoms with E-state index in [1.807, 2.05) is 0 Å². The number of carbonyl (C=O) groups is 1. The van der Waals surface area contributed by atoms with Gasteiger partial charge in [0.05, 0.1) is 0 Å². The number of urea groups is 1. The molecule has 0 aliphatic carbocycles. The van der Waals surface area contributed by atoms with Crippen molar-refractivity contribution in [1.29, 1.82) is 0 Å². The molecule has 1 aliphatic rings. The number of halogens is 1. The maximum atomic E-state index is 11.7. The number of aromatic nitrogens is 2. The number of hydrogen-bond acceptors (Lipinski definition) is 4. The summed E-state index contributed by atoms with van der Waals surface area (Å²) in [5.74, 6) is 0.625. The molecule has 0 bridgehead atoms. The lowest BCUT2D eigenvalue weighted by Gasteiger charge is -2.10. The van der Waals surface area contributed by atoms with Crippen LogP contribution in [0.2, 0.25) is 0 Å². The SMILES string of the molecule is CN1CCN(c2nnc(CCCCl)s2)C1=O. The Morgan fingerprint density at radius 1 is 1.44 bits per heavy atom. The second-order valence-corrected chi connectivity index (χ2v) is 5.05. The molecule has 0 unspecified atom stereocenters. The fourth-order valence-electron chi connectivity index (χ4n) is 1.50. The van der Waals surface area contributed by atoms with E-state index < -0.39 is 0 Å². The molecule has 88 valence electrons. The molecule has 0 radical (unpaired) electrons. The summed E-state index contributed by atoms with van der Waals surface area (Å²) in [4.78, 5) is 15.0. The summed E-state index contributed by atoms with van der Waals surface area (Å²) in [5.41, 5.74) is 0. The highest BCUT2D eigenvalue weighted by atomic mass is 35.5. The predicted octanol–water partition coefficient (Wildman–Crippen LogP) is 1.58. The van der Waals surface area contributed by atoms with E-state index in [1.54, 1.807) is 16.8 Å². The van der Waals surface area contributed by atoms with Crippen LogP contribution in [-0.4, -0.2) is 47.1 Å². The Bertz CT molecular complexity index is 383. The lowest BCUT2D eigenvalue weighted by atomic mass is 10.4. The molecule has 2 heterocycles. The predicted molar refractivity (Wildman–Crippen MR) is 64.3 cm³/mol. The highest BCUT2D eigenvalue weighted by Gasteiger charge is 2.29. The summed E-state index contributed by atoms with van der Waals surface area (Å²) in [5, 5.41) is 9.73. The van der Waals surface area contributed by atoms with Crippen LogP contribution in [0.5, 0.6) is 0 Å². The fourth-order valence-corrected chi connectivity index (χ4v) is 2.53. The van der Waals surface area contributed by atoms with Crippen molar-refractivity contribution < 1.29 is 4.79 Å². The van der Waals surface area contributed by atoms with E-state index in [9.17, 15) is 4.79 Å². The van der Waals surface area contributed by atoms with Gasteiger partial charge in [-0.3, -0.25) is 4.90 Å². The summed E-state index contributed by atoms with van der Waals surface area (Å²) < 4.78 is 0. The summed E-state index contributed by atoms with van der Waals surface area (Å²) in [6, 6.07) is 0.0000402. The molecule has 0 atom stereocenters. The van der Waals surface area contributed by atoms with Crippen molar-refractivity contribution in [2.75, 3.05) is 30.9 Å². The van der Waals surface area contributed by atoms with Gasteiger partial charge < -0.3 is 4.90 Å². The number of alkyl halides is 1. The van der Waals surface area contributed by atoms with E-state index in [0.29, 0.717) is 17.6 Å². The first-order chi connectivity index (χ1) is 7.72. The Labute approximate surface area is 103 Å². The number of amides is 2. The molecular weight excluding hydrogens is 248 g/mol. The summed E-state index contributed by atoms with van der Waals surface area (Å²) in [6.07, 6.45) is 1.73. The summed E-state index contributed by atoms with van der Waals surface area (Å²) in [7, 11) is 1.79. The lowest BCUT2D eigenvalue weighted by molar-refractivity contribution is 0.229. The van der Waals surface area contributed by atoms with Gasteiger partial charge in [0.2, 0.25) is 5.13 Å². The van der Waals surface area contributed by atoms with Crippen LogP contribution < -0.4 is 4.90 Å². The smallest absolute Gasteiger partial charge is 0.326 e. The molecule has 0 N–H and O–H groups in total. The van der Waals surface area contributed by atoms with Crippen LogP contribution in [0.15, 0.2) is 0 Å². The highest BCUT2D eigenvalue weighted by Crippen LogP contribution is 2.24. The summed E-state index contributed by atoms with van der Waals surface area (Å²) in [6.45, 7) is 1.44. The van der Waals surface area contributed by atoms with Gasteiger partial charge in [0, 0.05) is 32.4 Å². The van der Waals surface area contributed by atoms with Crippen molar-refractivity contribution in [3.63, 3.8) is 0 Å². The molecule has 0 aromatic carbocycles. The van der Waals surface area contributed by atoms with Crippen LogP contribution in [0.4, 0.5) is 9.93 Å². The third-order valence-corrected chi connectivity index (χ3v) is 3.70. The van der Waals surface area contributed by atoms with Gasteiger partial charge in [-0.2, -0.15) is 0 Å². The van der Waals surface area contributed by atoms with Gasteiger partial charge in [-0.15, -0.1) is 21.8 Å². The number of rotatable bonds is 4. The molecule has 5 nitrogen and oxygen atoms in total. The van der Waals surface area contributed by atoms with E-state index >= 15 is 0 Å². The molecule has 0 spiro atoms. The van der Waals surface area contributed by atoms with Gasteiger partial charge in [0.25, 0.3) is 0 Å². The third kappa shape index (κ3) is 2.27. The topological polar surface area (TPSA) is 49.3 Å². The molecule has 7 heteroatoms. The van der Waals surface area contributed by atoms with Crippen LogP contribution in [0.3, 0.4) is 0 Å². The molecule has 2 rings (SSSR count). The average Bonchev–Trinajstić information content (AvgIpc) is 2.85. The first kappa shape index (κ1) is 11.6. The Kier molecular flexibility index (Phi) is 3.60. The van der Waals surface area contributed by atoms with Crippen molar-refractivity contribution in [3.8, 4) is 0 Å². The minimum atomic E-state index is 0.0000402. The molecule has 1 saturated heterocycles. The average molecular weight is 261 g/mol. The Morgan fingerprint density at radius 3 is 2.88 bits per heavy atom. The van der Waals surface area contributed by atoms with Gasteiger partial charge in [0.15, 0.2) is 0 Å². The van der Waals surface area contributed by atoms with Crippen molar-refractivity contribution in [2.24, 2.45) is 0 Å². The number of nitrogens with zero attached hydrogens (tertiary/aromatic N) is 4. The lowest BCUT2D eigenvalue weighted by Crippen LogP contribution is -2.29. The first-order valence-electron chi connectivity index (χ1n) is 5.13. The highest BCUT2D eigenvalue weighted by molar-refractivity contribution is 7.15.